The molecule has 0 radical (unpaired) electrons. The molecule has 1 aromatic carbocycles. The zero-order chi connectivity index (χ0) is 14.2. The summed E-state index contributed by atoms with van der Waals surface area (Å²) in [6.45, 7) is 0.896. The third-order valence-corrected chi connectivity index (χ3v) is 5.25. The highest BCUT2D eigenvalue weighted by Crippen LogP contribution is 2.44. The fourth-order valence-corrected chi connectivity index (χ4v) is 3.79. The van der Waals surface area contributed by atoms with Crippen LogP contribution in [0.15, 0.2) is 30.3 Å². The van der Waals surface area contributed by atoms with Gasteiger partial charge in [-0.2, -0.15) is 0 Å². The van der Waals surface area contributed by atoms with Crippen molar-refractivity contribution >= 4 is 6.03 Å². The van der Waals surface area contributed by atoms with E-state index in [1.165, 1.54) is 31.2 Å². The summed E-state index contributed by atoms with van der Waals surface area (Å²) in [5.41, 5.74) is 1.28. The van der Waals surface area contributed by atoms with Gasteiger partial charge >= 0.3 is 6.03 Å². The van der Waals surface area contributed by atoms with Crippen molar-refractivity contribution in [1.82, 2.24) is 10.2 Å². The Morgan fingerprint density at radius 3 is 2.33 bits per heavy atom. The molecule has 4 rings (SSSR count). The van der Waals surface area contributed by atoms with Crippen LogP contribution in [0.3, 0.4) is 0 Å². The van der Waals surface area contributed by atoms with E-state index >= 15 is 0 Å². The molecular weight excluding hydrogens is 260 g/mol. The number of likely N-dealkylation sites (tertiary alicyclic amines) is 1. The average molecular weight is 284 g/mol. The zero-order valence-corrected chi connectivity index (χ0v) is 12.5. The van der Waals surface area contributed by atoms with E-state index in [2.05, 4.69) is 34.5 Å². The van der Waals surface area contributed by atoms with Crippen molar-refractivity contribution in [3.63, 3.8) is 0 Å². The maximum atomic E-state index is 12.7. The summed E-state index contributed by atoms with van der Waals surface area (Å²) in [7, 11) is 0. The molecule has 0 unspecified atom stereocenters. The van der Waals surface area contributed by atoms with Crippen molar-refractivity contribution in [2.75, 3.05) is 6.54 Å². The molecule has 1 saturated heterocycles. The zero-order valence-electron chi connectivity index (χ0n) is 12.5. The van der Waals surface area contributed by atoms with Gasteiger partial charge in [-0.1, -0.05) is 30.3 Å². The predicted molar refractivity (Wildman–Crippen MR) is 82.9 cm³/mol. The van der Waals surface area contributed by atoms with Crippen molar-refractivity contribution in [3.8, 4) is 0 Å². The molecule has 112 valence electrons. The van der Waals surface area contributed by atoms with E-state index < -0.39 is 0 Å². The van der Waals surface area contributed by atoms with Gasteiger partial charge in [0.2, 0.25) is 0 Å². The topological polar surface area (TPSA) is 32.3 Å². The Kier molecular flexibility index (Phi) is 3.36. The van der Waals surface area contributed by atoms with Crippen LogP contribution >= 0.6 is 0 Å². The van der Waals surface area contributed by atoms with Gasteiger partial charge in [0.05, 0.1) is 6.04 Å². The van der Waals surface area contributed by atoms with E-state index in [0.29, 0.717) is 6.04 Å². The number of amides is 2. The van der Waals surface area contributed by atoms with Gasteiger partial charge in [-0.25, -0.2) is 4.79 Å². The average Bonchev–Trinajstić information content (AvgIpc) is 3.44. The lowest BCUT2D eigenvalue weighted by atomic mass is 10.0. The number of carbonyl (C=O) groups is 1. The van der Waals surface area contributed by atoms with Crippen molar-refractivity contribution in [2.45, 2.75) is 50.6 Å². The number of urea groups is 1. The van der Waals surface area contributed by atoms with Crippen LogP contribution < -0.4 is 5.32 Å². The van der Waals surface area contributed by atoms with Crippen LogP contribution in [0, 0.1) is 11.8 Å². The Balaban J connectivity index is 1.45. The first-order valence-corrected chi connectivity index (χ1v) is 8.45. The summed E-state index contributed by atoms with van der Waals surface area (Å²) < 4.78 is 0. The Morgan fingerprint density at radius 1 is 1.05 bits per heavy atom. The van der Waals surface area contributed by atoms with Gasteiger partial charge in [0.1, 0.15) is 0 Å². The minimum Gasteiger partial charge on any atom is -0.335 e. The monoisotopic (exact) mass is 284 g/mol. The van der Waals surface area contributed by atoms with Gasteiger partial charge < -0.3 is 10.2 Å². The summed E-state index contributed by atoms with van der Waals surface area (Å²) in [6.07, 6.45) is 7.44. The maximum Gasteiger partial charge on any atom is 0.318 e. The molecular formula is C18H24N2O. The van der Waals surface area contributed by atoms with E-state index in [1.807, 2.05) is 6.07 Å². The van der Waals surface area contributed by atoms with Crippen molar-refractivity contribution in [2.24, 2.45) is 11.8 Å². The number of hydrogen-bond donors (Lipinski definition) is 1. The lowest BCUT2D eigenvalue weighted by Gasteiger charge is -2.28. The lowest BCUT2D eigenvalue weighted by molar-refractivity contribution is 0.185. The molecule has 3 heteroatoms. The molecule has 0 spiro atoms. The molecule has 1 N–H and O–H groups in total. The third kappa shape index (κ3) is 2.78. The number of nitrogens with zero attached hydrogens (tertiary/aromatic N) is 1. The van der Waals surface area contributed by atoms with Crippen LogP contribution in [0.4, 0.5) is 4.79 Å². The molecule has 0 aromatic heterocycles. The minimum absolute atomic E-state index is 0.171. The van der Waals surface area contributed by atoms with E-state index in [0.717, 1.165) is 31.2 Å². The van der Waals surface area contributed by atoms with E-state index in [1.54, 1.807) is 0 Å². The van der Waals surface area contributed by atoms with Gasteiger partial charge in [0, 0.05) is 12.6 Å². The number of hydrogen-bond acceptors (Lipinski definition) is 1. The highest BCUT2D eigenvalue weighted by Gasteiger charge is 2.43. The largest absolute Gasteiger partial charge is 0.335 e. The Morgan fingerprint density at radius 2 is 1.71 bits per heavy atom. The van der Waals surface area contributed by atoms with E-state index in [-0.39, 0.29) is 12.1 Å². The van der Waals surface area contributed by atoms with Gasteiger partial charge in [0.15, 0.2) is 0 Å². The van der Waals surface area contributed by atoms with Gasteiger partial charge in [-0.05, 0) is 55.9 Å². The standard InChI is InChI=1S/C18H24N2O/c21-18(19-17(14-8-9-14)15-10-11-15)20-12-4-7-16(20)13-5-2-1-3-6-13/h1-3,5-6,14-17H,4,7-12H2,(H,19,21)/t16-/m1/s1. The molecule has 2 saturated carbocycles. The predicted octanol–water partition coefficient (Wildman–Crippen LogP) is 3.72. The molecule has 1 aliphatic heterocycles. The van der Waals surface area contributed by atoms with Crippen LogP contribution in [0.5, 0.6) is 0 Å². The Hall–Kier alpha value is -1.51. The van der Waals surface area contributed by atoms with Gasteiger partial charge in [-0.15, -0.1) is 0 Å². The fraction of sp³-hybridized carbons (Fsp3) is 0.611. The van der Waals surface area contributed by atoms with Gasteiger partial charge in [0.25, 0.3) is 0 Å². The summed E-state index contributed by atoms with van der Waals surface area (Å²) in [6, 6.07) is 11.4. The second-order valence-electron chi connectivity index (χ2n) is 6.91. The summed E-state index contributed by atoms with van der Waals surface area (Å²) in [5, 5.41) is 3.37. The molecule has 1 aromatic rings. The second kappa shape index (κ2) is 5.36. The van der Waals surface area contributed by atoms with E-state index in [4.69, 9.17) is 0 Å². The van der Waals surface area contributed by atoms with Gasteiger partial charge in [-0.3, -0.25) is 0 Å². The molecule has 2 aliphatic carbocycles. The first-order valence-electron chi connectivity index (χ1n) is 8.45. The first kappa shape index (κ1) is 13.2. The van der Waals surface area contributed by atoms with Crippen LogP contribution in [-0.2, 0) is 0 Å². The Bertz CT molecular complexity index is 495. The van der Waals surface area contributed by atoms with E-state index in [9.17, 15) is 4.79 Å². The first-order chi connectivity index (χ1) is 10.3. The molecule has 2 amide bonds. The molecule has 0 bridgehead atoms. The number of benzene rings is 1. The number of carbonyl (C=O) groups excluding carboxylic acids is 1. The van der Waals surface area contributed by atoms with Crippen LogP contribution in [0.2, 0.25) is 0 Å². The van der Waals surface area contributed by atoms with Crippen molar-refractivity contribution < 1.29 is 4.79 Å². The quantitative estimate of drug-likeness (QED) is 0.898. The maximum absolute atomic E-state index is 12.7. The second-order valence-corrected chi connectivity index (χ2v) is 6.91. The molecule has 21 heavy (non-hydrogen) atoms. The normalized spacial score (nSPS) is 25.4. The summed E-state index contributed by atoms with van der Waals surface area (Å²) in [5.74, 6) is 1.53. The third-order valence-electron chi connectivity index (χ3n) is 5.25. The number of rotatable bonds is 4. The highest BCUT2D eigenvalue weighted by molar-refractivity contribution is 5.75. The van der Waals surface area contributed by atoms with Crippen molar-refractivity contribution in [1.29, 1.82) is 0 Å². The Labute approximate surface area is 126 Å². The molecule has 1 heterocycles. The molecule has 3 nitrogen and oxygen atoms in total. The number of nitrogens with one attached hydrogen (secondary N) is 1. The lowest BCUT2D eigenvalue weighted by Crippen LogP contribution is -2.46. The molecule has 1 atom stereocenters. The molecule has 3 aliphatic rings. The van der Waals surface area contributed by atoms with Crippen LogP contribution in [-0.4, -0.2) is 23.5 Å². The fourth-order valence-electron chi connectivity index (χ4n) is 3.79. The highest BCUT2D eigenvalue weighted by atomic mass is 16.2. The summed E-state index contributed by atoms with van der Waals surface area (Å²) in [4.78, 5) is 14.8. The molecule has 3 fully saturated rings. The van der Waals surface area contributed by atoms with Crippen LogP contribution in [0.25, 0.3) is 0 Å². The SMILES string of the molecule is O=C(NC(C1CC1)C1CC1)N1CCC[C@@H]1c1ccccc1. The van der Waals surface area contributed by atoms with Crippen molar-refractivity contribution in [3.05, 3.63) is 35.9 Å². The summed E-state index contributed by atoms with van der Waals surface area (Å²) >= 11 is 0. The smallest absolute Gasteiger partial charge is 0.318 e. The minimum atomic E-state index is 0.171. The van der Waals surface area contributed by atoms with Crippen LogP contribution in [0.1, 0.15) is 50.1 Å².